The highest BCUT2D eigenvalue weighted by Gasteiger charge is 2.41. The molecule has 22 heavy (non-hydrogen) atoms. The van der Waals surface area contributed by atoms with E-state index >= 15 is 0 Å². The number of carbonyl (C=O) groups excluding carboxylic acids is 1. The molecular weight excluding hydrogens is 292 g/mol. The Morgan fingerprint density at radius 1 is 1.18 bits per heavy atom. The Morgan fingerprint density at radius 3 is 2.59 bits per heavy atom. The van der Waals surface area contributed by atoms with E-state index < -0.39 is 22.9 Å². The fourth-order valence-electron chi connectivity index (χ4n) is 2.44. The van der Waals surface area contributed by atoms with Crippen molar-refractivity contribution in [3.63, 3.8) is 0 Å². The highest BCUT2D eigenvalue weighted by atomic mass is 16.4. The van der Waals surface area contributed by atoms with Crippen LogP contribution in [0.1, 0.15) is 12.2 Å². The van der Waals surface area contributed by atoms with Crippen molar-refractivity contribution in [2.24, 2.45) is 0 Å². The van der Waals surface area contributed by atoms with Gasteiger partial charge >= 0.3 is 0 Å². The average Bonchev–Trinajstić information content (AvgIpc) is 2.42. The molecule has 0 bridgehead atoms. The van der Waals surface area contributed by atoms with E-state index in [1.54, 1.807) is 0 Å². The Kier molecular flexibility index (Phi) is 3.05. The fraction of sp³-hybridized carbons (Fsp3) is 0.200. The number of carbonyl (C=O) groups is 1. The molecule has 1 aromatic heterocycles. The van der Waals surface area contributed by atoms with Gasteiger partial charge in [-0.05, 0) is 12.2 Å². The smallest absolute Gasteiger partial charge is 0.196 e. The van der Waals surface area contributed by atoms with E-state index in [0.29, 0.717) is 0 Å². The van der Waals surface area contributed by atoms with Gasteiger partial charge in [0.15, 0.2) is 16.8 Å². The van der Waals surface area contributed by atoms with Crippen molar-refractivity contribution < 1.29 is 29.6 Å². The Labute approximate surface area is 123 Å². The first-order chi connectivity index (χ1) is 10.3. The van der Waals surface area contributed by atoms with Crippen LogP contribution in [0.3, 0.4) is 0 Å². The summed E-state index contributed by atoms with van der Waals surface area (Å²) in [5, 5.41) is 39.4. The van der Waals surface area contributed by atoms with E-state index in [0.717, 1.165) is 30.4 Å². The molecule has 1 aromatic carbocycles. The molecule has 114 valence electrons. The maximum Gasteiger partial charge on any atom is 0.196 e. The van der Waals surface area contributed by atoms with E-state index in [4.69, 9.17) is 4.42 Å². The predicted octanol–water partition coefficient (Wildman–Crippen LogP) is 0.282. The highest BCUT2D eigenvalue weighted by Crippen LogP contribution is 2.34. The van der Waals surface area contributed by atoms with Gasteiger partial charge < -0.3 is 24.8 Å². The van der Waals surface area contributed by atoms with Crippen molar-refractivity contribution in [1.82, 2.24) is 0 Å². The van der Waals surface area contributed by atoms with Gasteiger partial charge in [0.2, 0.25) is 0 Å². The van der Waals surface area contributed by atoms with E-state index in [9.17, 15) is 30.0 Å². The van der Waals surface area contributed by atoms with Crippen LogP contribution in [0.2, 0.25) is 0 Å². The van der Waals surface area contributed by atoms with Gasteiger partial charge in [0.25, 0.3) is 0 Å². The molecule has 2 aromatic rings. The molecule has 0 radical (unpaired) electrons. The zero-order chi connectivity index (χ0) is 16.1. The lowest BCUT2D eigenvalue weighted by Crippen LogP contribution is -2.42. The van der Waals surface area contributed by atoms with Crippen LogP contribution in [-0.4, -0.2) is 32.3 Å². The summed E-state index contributed by atoms with van der Waals surface area (Å²) in [5.41, 5.74) is -2.84. The lowest BCUT2D eigenvalue weighted by atomic mass is 9.85. The third kappa shape index (κ3) is 2.07. The number of phenolic OH excluding ortho intramolecular Hbond substituents is 2. The minimum Gasteiger partial charge on any atom is -0.508 e. The second-order valence-corrected chi connectivity index (χ2v) is 5.16. The fourth-order valence-corrected chi connectivity index (χ4v) is 2.44. The minimum atomic E-state index is -2.04. The second kappa shape index (κ2) is 4.69. The first kappa shape index (κ1) is 14.3. The van der Waals surface area contributed by atoms with Gasteiger partial charge in [0.05, 0.1) is 0 Å². The van der Waals surface area contributed by atoms with Gasteiger partial charge in [0, 0.05) is 24.6 Å². The van der Waals surface area contributed by atoms with Crippen molar-refractivity contribution in [2.75, 3.05) is 0 Å². The Hall–Kier alpha value is -2.64. The maximum absolute atomic E-state index is 12.1. The molecule has 0 spiro atoms. The zero-order valence-corrected chi connectivity index (χ0v) is 11.2. The number of ketones is 1. The van der Waals surface area contributed by atoms with Gasteiger partial charge in [-0.1, -0.05) is 0 Å². The summed E-state index contributed by atoms with van der Waals surface area (Å²) in [6.07, 6.45) is 0.351. The number of aromatic hydroxyl groups is 2. The van der Waals surface area contributed by atoms with Crippen LogP contribution in [0.25, 0.3) is 11.0 Å². The van der Waals surface area contributed by atoms with E-state index in [1.165, 1.54) is 0 Å². The normalized spacial score (nSPS) is 24.8. The van der Waals surface area contributed by atoms with Crippen LogP contribution in [0, 0.1) is 0 Å². The van der Waals surface area contributed by atoms with Gasteiger partial charge in [-0.15, -0.1) is 0 Å². The lowest BCUT2D eigenvalue weighted by molar-refractivity contribution is -0.124. The highest BCUT2D eigenvalue weighted by molar-refractivity contribution is 5.91. The summed E-state index contributed by atoms with van der Waals surface area (Å²) in [6, 6.07) is 3.03. The average molecular weight is 304 g/mol. The number of hydrogen-bond donors (Lipinski definition) is 4. The third-order valence-electron chi connectivity index (χ3n) is 3.62. The number of benzene rings is 1. The molecule has 0 amide bonds. The van der Waals surface area contributed by atoms with Crippen LogP contribution in [0.5, 0.6) is 11.5 Å². The van der Waals surface area contributed by atoms with Crippen molar-refractivity contribution in [2.45, 2.75) is 18.1 Å². The molecular formula is C15H12O7. The molecule has 3 rings (SSSR count). The van der Waals surface area contributed by atoms with Gasteiger partial charge in [0.1, 0.15) is 34.3 Å². The van der Waals surface area contributed by atoms with Crippen LogP contribution in [0.15, 0.2) is 39.6 Å². The molecule has 4 N–H and O–H groups in total. The SMILES string of the molecule is O=C1C=C[C@](O)(c2cc(=O)c3c(O)cc(O)cc3o2)[C@@H](O)C1. The van der Waals surface area contributed by atoms with Crippen LogP contribution in [0.4, 0.5) is 0 Å². The van der Waals surface area contributed by atoms with Gasteiger partial charge in [-0.25, -0.2) is 0 Å². The zero-order valence-electron chi connectivity index (χ0n) is 11.2. The van der Waals surface area contributed by atoms with E-state index in [-0.39, 0.29) is 34.7 Å². The summed E-state index contributed by atoms with van der Waals surface area (Å²) in [4.78, 5) is 23.3. The maximum atomic E-state index is 12.1. The molecule has 2 atom stereocenters. The van der Waals surface area contributed by atoms with Crippen LogP contribution < -0.4 is 5.43 Å². The number of aliphatic hydroxyl groups is 2. The standard InChI is InChI=1S/C15H12O7/c16-7-1-2-15(21,12(20)5-7)13-6-10(19)14-9(18)3-8(17)4-11(14)22-13/h1-4,6,12,17-18,20-21H,5H2/t12-,15+/m0/s1. The molecule has 0 fully saturated rings. The van der Waals surface area contributed by atoms with Crippen molar-refractivity contribution in [1.29, 1.82) is 0 Å². The quantitative estimate of drug-likeness (QED) is 0.595. The Balaban J connectivity index is 2.27. The number of phenols is 2. The Bertz CT molecular complexity index is 864. The molecule has 0 saturated carbocycles. The molecule has 1 aliphatic carbocycles. The van der Waals surface area contributed by atoms with Crippen LogP contribution >= 0.6 is 0 Å². The first-order valence-corrected chi connectivity index (χ1v) is 6.44. The molecule has 1 aliphatic rings. The number of aliphatic hydroxyl groups excluding tert-OH is 1. The Morgan fingerprint density at radius 2 is 1.91 bits per heavy atom. The number of rotatable bonds is 1. The predicted molar refractivity (Wildman–Crippen MR) is 74.5 cm³/mol. The topological polar surface area (TPSA) is 128 Å². The van der Waals surface area contributed by atoms with E-state index in [2.05, 4.69) is 0 Å². The molecule has 0 aliphatic heterocycles. The number of hydrogen-bond acceptors (Lipinski definition) is 7. The monoisotopic (exact) mass is 304 g/mol. The molecule has 0 saturated heterocycles. The second-order valence-electron chi connectivity index (χ2n) is 5.16. The van der Waals surface area contributed by atoms with Gasteiger partial charge in [-0.3, -0.25) is 9.59 Å². The number of allylic oxidation sites excluding steroid dienone is 1. The molecule has 7 heteroatoms. The largest absolute Gasteiger partial charge is 0.508 e. The van der Waals surface area contributed by atoms with Crippen molar-refractivity contribution in [3.05, 3.63) is 46.3 Å². The third-order valence-corrected chi connectivity index (χ3v) is 3.62. The van der Waals surface area contributed by atoms with Crippen molar-refractivity contribution >= 4 is 16.8 Å². The summed E-state index contributed by atoms with van der Waals surface area (Å²) in [6.45, 7) is 0. The summed E-state index contributed by atoms with van der Waals surface area (Å²) < 4.78 is 5.36. The summed E-state index contributed by atoms with van der Waals surface area (Å²) >= 11 is 0. The van der Waals surface area contributed by atoms with Crippen LogP contribution in [-0.2, 0) is 10.4 Å². The number of fused-ring (bicyclic) bond motifs is 1. The summed E-state index contributed by atoms with van der Waals surface area (Å²) in [7, 11) is 0. The van der Waals surface area contributed by atoms with E-state index in [1.807, 2.05) is 0 Å². The van der Waals surface area contributed by atoms with Crippen molar-refractivity contribution in [3.8, 4) is 11.5 Å². The van der Waals surface area contributed by atoms with Gasteiger partial charge in [-0.2, -0.15) is 0 Å². The molecule has 7 nitrogen and oxygen atoms in total. The molecule has 1 heterocycles. The lowest BCUT2D eigenvalue weighted by Gasteiger charge is -2.31. The first-order valence-electron chi connectivity index (χ1n) is 6.44. The summed E-state index contributed by atoms with van der Waals surface area (Å²) in [5.74, 6) is -1.44. The molecule has 0 unspecified atom stereocenters. The minimum absolute atomic E-state index is 0.147.